The highest BCUT2D eigenvalue weighted by molar-refractivity contribution is 5.92. The molecule has 6 fully saturated rings. The summed E-state index contributed by atoms with van der Waals surface area (Å²) < 4.78 is 41.4. The lowest BCUT2D eigenvalue weighted by molar-refractivity contribution is -0.287. The molecule has 14 heteroatoms. The molecule has 5 heterocycles. The highest BCUT2D eigenvalue weighted by Gasteiger charge is 3.01. The fourth-order valence-corrected chi connectivity index (χ4v) is 9.55. The van der Waals surface area contributed by atoms with Gasteiger partial charge in [-0.15, -0.1) is 0 Å². The summed E-state index contributed by atoms with van der Waals surface area (Å²) in [4.78, 5) is 38.2. The third-order valence-corrected chi connectivity index (χ3v) is 11.9. The molecule has 0 bridgehead atoms. The van der Waals surface area contributed by atoms with Gasteiger partial charge in [0.15, 0.2) is 18.0 Å². The maximum Gasteiger partial charge on any atom is 0.334 e. The number of carbonyl (C=O) groups is 3. The molecule has 2 saturated carbocycles. The molecule has 44 heavy (non-hydrogen) atoms. The SMILES string of the molecule is CC(C)[C@]12O[C@H]1[C@@H]1O[C@]13[C@]1(O[C@H]1C[C@H]1C4=C(CC[C@@]13C)C(=O)OC4)[C@@H]2OC(=O)CCC(=O)OCC1O[C@@H](O)C(O)C(O)[C@@H]1O. The van der Waals surface area contributed by atoms with Gasteiger partial charge in [0.1, 0.15) is 61.0 Å². The third-order valence-electron chi connectivity index (χ3n) is 11.9. The average Bonchev–Trinajstić information content (AvgIpc) is 3.90. The van der Waals surface area contributed by atoms with Crippen LogP contribution in [0.5, 0.6) is 0 Å². The molecule has 3 unspecified atom stereocenters. The number of ether oxygens (including phenoxy) is 7. The van der Waals surface area contributed by atoms with Gasteiger partial charge in [-0.2, -0.15) is 0 Å². The number of aliphatic hydroxyl groups excluding tert-OH is 4. The Bertz CT molecular complexity index is 1350. The Kier molecular flexibility index (Phi) is 6.13. The molecule has 14 atom stereocenters. The predicted octanol–water partition coefficient (Wildman–Crippen LogP) is -1.22. The van der Waals surface area contributed by atoms with Gasteiger partial charge >= 0.3 is 17.9 Å². The van der Waals surface area contributed by atoms with Crippen LogP contribution in [0, 0.1) is 17.3 Å². The van der Waals surface area contributed by atoms with Crippen LogP contribution in [0.1, 0.15) is 52.9 Å². The van der Waals surface area contributed by atoms with E-state index in [1.54, 1.807) is 0 Å². The fraction of sp³-hybridized carbons (Fsp3) is 0.833. The van der Waals surface area contributed by atoms with Gasteiger partial charge in [0.25, 0.3) is 0 Å². The van der Waals surface area contributed by atoms with E-state index in [9.17, 15) is 34.8 Å². The van der Waals surface area contributed by atoms with Crippen LogP contribution < -0.4 is 0 Å². The zero-order chi connectivity index (χ0) is 31.1. The van der Waals surface area contributed by atoms with Gasteiger partial charge in [0.05, 0.1) is 18.9 Å². The largest absolute Gasteiger partial charge is 0.463 e. The lowest BCUT2D eigenvalue weighted by atomic mass is 9.46. The first-order valence-corrected chi connectivity index (χ1v) is 15.5. The van der Waals surface area contributed by atoms with Gasteiger partial charge in [0, 0.05) is 11.0 Å². The van der Waals surface area contributed by atoms with Crippen LogP contribution in [0.3, 0.4) is 0 Å². The Morgan fingerprint density at radius 2 is 1.75 bits per heavy atom. The Morgan fingerprint density at radius 3 is 2.50 bits per heavy atom. The standard InChI is InChI=1S/C30H38O14/c1-11(2)28-22(43-28)23-30(44-23)27(3)7-6-12-13(9-39-24(12)36)14(27)8-16-29(30,42-16)26(28)41-18(32)5-4-17(31)38-10-15-19(33)20(34)21(35)25(37)40-15/h11,14-16,19-23,25-26,33-35,37H,4-10H2,1-3H3/t14-,15?,16-,19+,20?,21?,22-,23-,25+,26+,27-,28-,29+,30+/m0/s1. The predicted molar refractivity (Wildman–Crippen MR) is 140 cm³/mol. The van der Waals surface area contributed by atoms with Crippen molar-refractivity contribution in [2.24, 2.45) is 17.3 Å². The summed E-state index contributed by atoms with van der Waals surface area (Å²) >= 11 is 0. The first-order chi connectivity index (χ1) is 20.8. The highest BCUT2D eigenvalue weighted by Crippen LogP contribution is 2.83. The van der Waals surface area contributed by atoms with Crippen molar-refractivity contribution in [1.82, 2.24) is 0 Å². The number of carbonyl (C=O) groups excluding carboxylic acids is 3. The first kappa shape index (κ1) is 29.2. The van der Waals surface area contributed by atoms with E-state index < -0.39 is 72.2 Å². The van der Waals surface area contributed by atoms with Crippen molar-refractivity contribution in [3.8, 4) is 0 Å². The van der Waals surface area contributed by atoms with Gasteiger partial charge in [-0.3, -0.25) is 9.59 Å². The first-order valence-electron chi connectivity index (χ1n) is 15.5. The zero-order valence-corrected chi connectivity index (χ0v) is 24.7. The van der Waals surface area contributed by atoms with Crippen LogP contribution in [-0.2, 0) is 47.5 Å². The molecule has 0 aromatic rings. The second-order valence-electron chi connectivity index (χ2n) is 14.1. The Morgan fingerprint density at radius 1 is 1.00 bits per heavy atom. The van der Waals surface area contributed by atoms with E-state index in [4.69, 9.17) is 33.2 Å². The minimum atomic E-state index is -1.76. The number of cyclic esters (lactones) is 1. The molecule has 242 valence electrons. The zero-order valence-electron chi connectivity index (χ0n) is 24.7. The van der Waals surface area contributed by atoms with Crippen molar-refractivity contribution in [1.29, 1.82) is 0 Å². The lowest BCUT2D eigenvalue weighted by Crippen LogP contribution is -2.70. The van der Waals surface area contributed by atoms with Crippen molar-refractivity contribution < 1.29 is 68.0 Å². The van der Waals surface area contributed by atoms with Crippen LogP contribution in [0.4, 0.5) is 0 Å². The number of hydrogen-bond acceptors (Lipinski definition) is 14. The van der Waals surface area contributed by atoms with Crippen LogP contribution >= 0.6 is 0 Å². The lowest BCUT2D eigenvalue weighted by Gasteiger charge is -2.53. The molecule has 4 N–H and O–H groups in total. The van der Waals surface area contributed by atoms with E-state index in [0.717, 1.165) is 11.1 Å². The second-order valence-corrected chi connectivity index (χ2v) is 14.1. The minimum absolute atomic E-state index is 0.0186. The molecule has 8 aliphatic rings. The average molecular weight is 623 g/mol. The smallest absolute Gasteiger partial charge is 0.334 e. The Balaban J connectivity index is 0.974. The molecule has 14 nitrogen and oxygen atoms in total. The normalized spacial score (nSPS) is 52.4. The van der Waals surface area contributed by atoms with Crippen molar-refractivity contribution in [2.45, 2.75) is 125 Å². The maximum atomic E-state index is 13.3. The molecule has 8 rings (SSSR count). The van der Waals surface area contributed by atoms with Crippen LogP contribution in [0.25, 0.3) is 0 Å². The molecule has 3 aliphatic carbocycles. The number of rotatable bonds is 7. The third kappa shape index (κ3) is 3.46. The molecular formula is C30H38O14. The van der Waals surface area contributed by atoms with Gasteiger partial charge in [0.2, 0.25) is 0 Å². The van der Waals surface area contributed by atoms with Crippen LogP contribution in [0.15, 0.2) is 11.1 Å². The van der Waals surface area contributed by atoms with E-state index in [0.29, 0.717) is 19.3 Å². The summed E-state index contributed by atoms with van der Waals surface area (Å²) in [5.41, 5.74) is -1.01. The molecular weight excluding hydrogens is 584 g/mol. The molecule has 0 aromatic heterocycles. The van der Waals surface area contributed by atoms with Gasteiger partial charge < -0.3 is 53.6 Å². The monoisotopic (exact) mass is 622 g/mol. The summed E-state index contributed by atoms with van der Waals surface area (Å²) in [5, 5.41) is 39.2. The van der Waals surface area contributed by atoms with Gasteiger partial charge in [-0.1, -0.05) is 20.8 Å². The van der Waals surface area contributed by atoms with Crippen LogP contribution in [0.2, 0.25) is 0 Å². The molecule has 4 saturated heterocycles. The molecule has 5 aliphatic heterocycles. The number of aliphatic hydroxyl groups is 4. The molecule has 0 radical (unpaired) electrons. The van der Waals surface area contributed by atoms with Crippen molar-refractivity contribution in [2.75, 3.05) is 13.2 Å². The van der Waals surface area contributed by atoms with Gasteiger partial charge in [-0.25, -0.2) is 4.79 Å². The number of fused-ring (bicyclic) bond motifs is 4. The minimum Gasteiger partial charge on any atom is -0.463 e. The summed E-state index contributed by atoms with van der Waals surface area (Å²) in [6.45, 7) is 6.01. The highest BCUT2D eigenvalue weighted by atomic mass is 16.8. The summed E-state index contributed by atoms with van der Waals surface area (Å²) in [7, 11) is 0. The van der Waals surface area contributed by atoms with Gasteiger partial charge in [-0.05, 0) is 36.7 Å². The van der Waals surface area contributed by atoms with Crippen molar-refractivity contribution >= 4 is 17.9 Å². The van der Waals surface area contributed by atoms with Crippen molar-refractivity contribution in [3.63, 3.8) is 0 Å². The quantitative estimate of drug-likeness (QED) is 0.149. The topological polar surface area (TPSA) is 207 Å². The van der Waals surface area contributed by atoms with E-state index in [1.807, 2.05) is 13.8 Å². The number of esters is 3. The number of hydrogen-bond donors (Lipinski definition) is 4. The van der Waals surface area contributed by atoms with Crippen molar-refractivity contribution in [3.05, 3.63) is 11.1 Å². The van der Waals surface area contributed by atoms with E-state index in [2.05, 4.69) is 6.92 Å². The fourth-order valence-electron chi connectivity index (χ4n) is 9.55. The van der Waals surface area contributed by atoms with E-state index >= 15 is 0 Å². The maximum absolute atomic E-state index is 13.3. The summed E-state index contributed by atoms with van der Waals surface area (Å²) in [5.74, 6) is -1.62. The summed E-state index contributed by atoms with van der Waals surface area (Å²) in [6.07, 6.45) is -8.18. The van der Waals surface area contributed by atoms with E-state index in [1.165, 1.54) is 0 Å². The number of epoxide rings is 3. The second kappa shape index (κ2) is 9.22. The molecule has 2 spiro atoms. The molecule has 0 aromatic carbocycles. The Hall–Kier alpha value is -2.17. The molecule has 0 amide bonds. The Labute approximate surface area is 252 Å². The van der Waals surface area contributed by atoms with Crippen LogP contribution in [-0.4, -0.2) is 123 Å². The summed E-state index contributed by atoms with van der Waals surface area (Å²) in [6, 6.07) is 0. The van der Waals surface area contributed by atoms with E-state index in [-0.39, 0.29) is 61.0 Å².